The molecule has 6 heteroatoms. The molecular formula is C16H15FN4O. The van der Waals surface area contributed by atoms with Gasteiger partial charge >= 0.3 is 6.03 Å². The molecule has 0 saturated carbocycles. The summed E-state index contributed by atoms with van der Waals surface area (Å²) in [7, 11) is 0. The molecule has 2 amide bonds. The smallest absolute Gasteiger partial charge is 0.319 e. The molecule has 5 nitrogen and oxygen atoms in total. The highest BCUT2D eigenvalue weighted by atomic mass is 19.1. The molecule has 0 radical (unpaired) electrons. The van der Waals surface area contributed by atoms with Crippen molar-refractivity contribution in [2.75, 3.05) is 11.9 Å². The van der Waals surface area contributed by atoms with E-state index < -0.39 is 0 Å². The third kappa shape index (κ3) is 3.22. The van der Waals surface area contributed by atoms with Crippen LogP contribution in [0.5, 0.6) is 0 Å². The molecule has 2 aromatic heterocycles. The minimum absolute atomic E-state index is 0.366. The van der Waals surface area contributed by atoms with Crippen LogP contribution in [0.3, 0.4) is 0 Å². The van der Waals surface area contributed by atoms with Crippen LogP contribution in [0.4, 0.5) is 14.9 Å². The molecule has 22 heavy (non-hydrogen) atoms. The number of carbonyl (C=O) groups excluding carboxylic acids is 1. The summed E-state index contributed by atoms with van der Waals surface area (Å²) in [4.78, 5) is 16.1. The second kappa shape index (κ2) is 6.26. The highest BCUT2D eigenvalue weighted by Gasteiger charge is 2.04. The number of hydrogen-bond donors (Lipinski definition) is 2. The van der Waals surface area contributed by atoms with Crippen LogP contribution in [0.1, 0.15) is 0 Å². The Balaban J connectivity index is 1.53. The fourth-order valence-electron chi connectivity index (χ4n) is 2.23. The molecule has 0 aliphatic carbocycles. The number of rotatable bonds is 4. The van der Waals surface area contributed by atoms with Gasteiger partial charge in [0.2, 0.25) is 0 Å². The van der Waals surface area contributed by atoms with E-state index in [2.05, 4.69) is 15.6 Å². The zero-order valence-corrected chi connectivity index (χ0v) is 11.8. The summed E-state index contributed by atoms with van der Waals surface area (Å²) in [6, 6.07) is 11.3. The van der Waals surface area contributed by atoms with E-state index in [0.717, 1.165) is 11.0 Å². The molecular weight excluding hydrogens is 283 g/mol. The maximum Gasteiger partial charge on any atom is 0.319 e. The van der Waals surface area contributed by atoms with E-state index in [1.54, 1.807) is 18.3 Å². The van der Waals surface area contributed by atoms with Gasteiger partial charge in [-0.1, -0.05) is 6.07 Å². The van der Waals surface area contributed by atoms with Gasteiger partial charge in [0.05, 0.1) is 0 Å². The van der Waals surface area contributed by atoms with Crippen molar-refractivity contribution in [2.24, 2.45) is 0 Å². The van der Waals surface area contributed by atoms with E-state index in [-0.39, 0.29) is 11.8 Å². The molecule has 0 aliphatic rings. The van der Waals surface area contributed by atoms with Gasteiger partial charge in [0.15, 0.2) is 0 Å². The molecule has 0 bridgehead atoms. The number of nitrogens with one attached hydrogen (secondary N) is 2. The first kappa shape index (κ1) is 14.1. The molecule has 0 unspecified atom stereocenters. The van der Waals surface area contributed by atoms with E-state index in [1.807, 2.05) is 29.0 Å². The van der Waals surface area contributed by atoms with Crippen LogP contribution in [0.15, 0.2) is 54.9 Å². The minimum atomic E-state index is -0.386. The lowest BCUT2D eigenvalue weighted by Crippen LogP contribution is -2.31. The van der Waals surface area contributed by atoms with Crippen LogP contribution >= 0.6 is 0 Å². The lowest BCUT2D eigenvalue weighted by atomic mass is 10.3. The Hall–Kier alpha value is -2.89. The molecule has 0 aliphatic heterocycles. The van der Waals surface area contributed by atoms with Crippen molar-refractivity contribution < 1.29 is 9.18 Å². The van der Waals surface area contributed by atoms with E-state index in [9.17, 15) is 9.18 Å². The monoisotopic (exact) mass is 298 g/mol. The van der Waals surface area contributed by atoms with Crippen LogP contribution in [0.2, 0.25) is 0 Å². The maximum atomic E-state index is 13.0. The van der Waals surface area contributed by atoms with E-state index in [1.165, 1.54) is 12.1 Å². The van der Waals surface area contributed by atoms with Crippen LogP contribution in [-0.2, 0) is 6.54 Å². The number of nitrogens with zero attached hydrogens (tertiary/aromatic N) is 2. The number of aromatic nitrogens is 2. The highest BCUT2D eigenvalue weighted by Crippen LogP contribution is 2.11. The second-order valence-electron chi connectivity index (χ2n) is 4.82. The number of urea groups is 1. The maximum absolute atomic E-state index is 13.0. The molecule has 0 saturated heterocycles. The number of pyridine rings is 1. The molecule has 3 rings (SSSR count). The third-order valence-corrected chi connectivity index (χ3v) is 3.24. The molecule has 2 heterocycles. The Bertz CT molecular complexity index is 799. The quantitative estimate of drug-likeness (QED) is 0.778. The minimum Gasteiger partial charge on any atom is -0.336 e. The summed E-state index contributed by atoms with van der Waals surface area (Å²) in [6.45, 7) is 1.05. The van der Waals surface area contributed by atoms with E-state index >= 15 is 0 Å². The molecule has 1 aromatic carbocycles. The first-order valence-electron chi connectivity index (χ1n) is 6.93. The van der Waals surface area contributed by atoms with Gasteiger partial charge < -0.3 is 15.2 Å². The topological polar surface area (TPSA) is 59.0 Å². The van der Waals surface area contributed by atoms with Crippen molar-refractivity contribution >= 4 is 22.8 Å². The van der Waals surface area contributed by atoms with Crippen molar-refractivity contribution in [3.8, 4) is 0 Å². The Kier molecular flexibility index (Phi) is 4.00. The Morgan fingerprint density at radius 1 is 1.23 bits per heavy atom. The lowest BCUT2D eigenvalue weighted by molar-refractivity contribution is 0.251. The Labute approximate surface area is 126 Å². The number of fused-ring (bicyclic) bond motifs is 1. The summed E-state index contributed by atoms with van der Waals surface area (Å²) in [5.41, 5.74) is 1.31. The molecule has 112 valence electrons. The zero-order valence-electron chi connectivity index (χ0n) is 11.8. The van der Waals surface area contributed by atoms with Crippen LogP contribution in [0.25, 0.3) is 11.0 Å². The van der Waals surface area contributed by atoms with Gasteiger partial charge in [0, 0.05) is 36.6 Å². The molecule has 2 N–H and O–H groups in total. The molecule has 0 fully saturated rings. The lowest BCUT2D eigenvalue weighted by Gasteiger charge is -2.09. The summed E-state index contributed by atoms with van der Waals surface area (Å²) in [5.74, 6) is -0.386. The van der Waals surface area contributed by atoms with Crippen LogP contribution < -0.4 is 10.6 Å². The van der Waals surface area contributed by atoms with Gasteiger partial charge in [-0.15, -0.1) is 0 Å². The van der Waals surface area contributed by atoms with Crippen molar-refractivity contribution in [3.05, 3.63) is 60.7 Å². The Morgan fingerprint density at radius 2 is 2.14 bits per heavy atom. The number of halogens is 1. The first-order chi connectivity index (χ1) is 10.7. The first-order valence-corrected chi connectivity index (χ1v) is 6.93. The van der Waals surface area contributed by atoms with Crippen molar-refractivity contribution in [3.63, 3.8) is 0 Å². The third-order valence-electron chi connectivity index (χ3n) is 3.24. The Morgan fingerprint density at radius 3 is 3.00 bits per heavy atom. The summed E-state index contributed by atoms with van der Waals surface area (Å²) in [5, 5.41) is 6.38. The second-order valence-corrected chi connectivity index (χ2v) is 4.82. The summed E-state index contributed by atoms with van der Waals surface area (Å²) < 4.78 is 15.0. The molecule has 0 atom stereocenters. The number of benzene rings is 1. The van der Waals surface area contributed by atoms with Gasteiger partial charge in [0.1, 0.15) is 11.5 Å². The normalized spacial score (nSPS) is 10.6. The summed E-state index contributed by atoms with van der Waals surface area (Å²) in [6.07, 6.45) is 3.67. The highest BCUT2D eigenvalue weighted by molar-refractivity contribution is 5.89. The fourth-order valence-corrected chi connectivity index (χ4v) is 2.23. The average Bonchev–Trinajstić information content (AvgIpc) is 2.91. The van der Waals surface area contributed by atoms with Gasteiger partial charge in [-0.25, -0.2) is 14.2 Å². The largest absolute Gasteiger partial charge is 0.336 e. The van der Waals surface area contributed by atoms with Crippen molar-refractivity contribution in [1.29, 1.82) is 0 Å². The van der Waals surface area contributed by atoms with E-state index in [4.69, 9.17) is 0 Å². The zero-order chi connectivity index (χ0) is 15.4. The molecule has 0 spiro atoms. The SMILES string of the molecule is O=C(NCCn1ccc2cccnc21)Nc1cccc(F)c1. The van der Waals surface area contributed by atoms with Crippen molar-refractivity contribution in [2.45, 2.75) is 6.54 Å². The average molecular weight is 298 g/mol. The van der Waals surface area contributed by atoms with Crippen LogP contribution in [-0.4, -0.2) is 22.1 Å². The fraction of sp³-hybridized carbons (Fsp3) is 0.125. The van der Waals surface area contributed by atoms with Crippen LogP contribution in [0, 0.1) is 5.82 Å². The predicted molar refractivity (Wildman–Crippen MR) is 83.2 cm³/mol. The van der Waals surface area contributed by atoms with Gasteiger partial charge in [-0.05, 0) is 36.4 Å². The van der Waals surface area contributed by atoms with Crippen molar-refractivity contribution in [1.82, 2.24) is 14.9 Å². The number of amides is 2. The number of hydrogen-bond acceptors (Lipinski definition) is 2. The van der Waals surface area contributed by atoms with Gasteiger partial charge in [-0.3, -0.25) is 0 Å². The summed E-state index contributed by atoms with van der Waals surface area (Å²) >= 11 is 0. The standard InChI is InChI=1S/C16H15FN4O/c17-13-4-1-5-14(11-13)20-16(22)19-8-10-21-9-6-12-3-2-7-18-15(12)21/h1-7,9,11H,8,10H2,(H2,19,20,22). The van der Waals surface area contributed by atoms with Gasteiger partial charge in [0.25, 0.3) is 0 Å². The number of anilines is 1. The van der Waals surface area contributed by atoms with Gasteiger partial charge in [-0.2, -0.15) is 0 Å². The van der Waals surface area contributed by atoms with E-state index in [0.29, 0.717) is 18.8 Å². The number of carbonyl (C=O) groups is 1. The molecule has 3 aromatic rings. The predicted octanol–water partition coefficient (Wildman–Crippen LogP) is 3.00.